The predicted octanol–water partition coefficient (Wildman–Crippen LogP) is 2.49. The average molecular weight is 348 g/mol. The Kier molecular flexibility index (Phi) is 3.78. The molecule has 26 heavy (non-hydrogen) atoms. The lowest BCUT2D eigenvalue weighted by atomic mass is 9.75. The summed E-state index contributed by atoms with van der Waals surface area (Å²) in [5.74, 6) is 1.80. The molecule has 1 amide bonds. The fourth-order valence-electron chi connectivity index (χ4n) is 5.32. The Balaban J connectivity index is 1.52. The van der Waals surface area contributed by atoms with Crippen LogP contribution in [0.3, 0.4) is 0 Å². The lowest BCUT2D eigenvalue weighted by Crippen LogP contribution is -2.60. The Labute approximate surface area is 154 Å². The molecular formula is C21H24N4O. The first kappa shape index (κ1) is 15.9. The maximum absolute atomic E-state index is 13.3. The topological polar surface area (TPSA) is 49.3 Å². The van der Waals surface area contributed by atoms with Crippen molar-refractivity contribution in [3.05, 3.63) is 59.7 Å². The van der Waals surface area contributed by atoms with Gasteiger partial charge in [0.1, 0.15) is 5.82 Å². The highest BCUT2D eigenvalue weighted by Crippen LogP contribution is 2.46. The molecule has 2 bridgehead atoms. The second-order valence-corrected chi connectivity index (χ2v) is 7.85. The Morgan fingerprint density at radius 3 is 2.42 bits per heavy atom. The maximum Gasteiger partial charge on any atom is 0.257 e. The third kappa shape index (κ3) is 2.45. The first-order valence-corrected chi connectivity index (χ1v) is 9.61. The molecule has 1 aromatic carbocycles. The zero-order valence-corrected chi connectivity index (χ0v) is 15.1. The van der Waals surface area contributed by atoms with Crippen molar-refractivity contribution in [3.63, 3.8) is 0 Å². The van der Waals surface area contributed by atoms with E-state index in [1.54, 1.807) is 12.4 Å². The molecule has 134 valence electrons. The number of likely N-dealkylation sites (tertiary alicyclic amines) is 1. The molecule has 0 spiro atoms. The molecule has 4 aliphatic rings. The van der Waals surface area contributed by atoms with Crippen LogP contribution in [0.1, 0.15) is 40.5 Å². The van der Waals surface area contributed by atoms with Gasteiger partial charge in [0, 0.05) is 30.9 Å². The molecule has 4 fully saturated rings. The fourth-order valence-corrected chi connectivity index (χ4v) is 5.32. The number of nitrogens with zero attached hydrogens (tertiary/aromatic N) is 4. The third-order valence-corrected chi connectivity index (χ3v) is 6.51. The molecule has 3 atom stereocenters. The second kappa shape index (κ2) is 6.16. The van der Waals surface area contributed by atoms with E-state index in [4.69, 9.17) is 0 Å². The number of carbonyl (C=O) groups is 1. The normalized spacial score (nSPS) is 32.5. The largest absolute Gasteiger partial charge is 0.333 e. The molecule has 4 aliphatic heterocycles. The van der Waals surface area contributed by atoms with Crippen molar-refractivity contribution in [2.75, 3.05) is 19.6 Å². The lowest BCUT2D eigenvalue weighted by molar-refractivity contribution is -0.00343. The van der Waals surface area contributed by atoms with E-state index in [2.05, 4.69) is 50.1 Å². The summed E-state index contributed by atoms with van der Waals surface area (Å²) in [6, 6.07) is 11.5. The van der Waals surface area contributed by atoms with Gasteiger partial charge in [0.25, 0.3) is 5.91 Å². The fraction of sp³-hybridized carbons (Fsp3) is 0.476. The van der Waals surface area contributed by atoms with Crippen LogP contribution < -0.4 is 0 Å². The summed E-state index contributed by atoms with van der Waals surface area (Å²) in [7, 11) is 0. The van der Waals surface area contributed by atoms with Gasteiger partial charge >= 0.3 is 0 Å². The van der Waals surface area contributed by atoms with E-state index in [1.165, 1.54) is 31.5 Å². The number of amides is 1. The van der Waals surface area contributed by atoms with E-state index >= 15 is 0 Å². The van der Waals surface area contributed by atoms with Gasteiger partial charge in [0.15, 0.2) is 0 Å². The quantitative estimate of drug-likeness (QED) is 0.837. The predicted molar refractivity (Wildman–Crippen MR) is 98.9 cm³/mol. The van der Waals surface area contributed by atoms with Crippen molar-refractivity contribution < 1.29 is 4.79 Å². The zero-order valence-electron chi connectivity index (χ0n) is 15.1. The highest BCUT2D eigenvalue weighted by atomic mass is 16.2. The van der Waals surface area contributed by atoms with E-state index in [9.17, 15) is 4.79 Å². The minimum Gasteiger partial charge on any atom is -0.333 e. The maximum atomic E-state index is 13.3. The average Bonchev–Trinajstić information content (AvgIpc) is 3.12. The van der Waals surface area contributed by atoms with Gasteiger partial charge in [-0.2, -0.15) is 0 Å². The molecule has 0 N–H and O–H groups in total. The van der Waals surface area contributed by atoms with Crippen LogP contribution in [-0.2, 0) is 0 Å². The number of aryl methyl sites for hydroxylation is 1. The number of aromatic nitrogens is 2. The van der Waals surface area contributed by atoms with Gasteiger partial charge in [0.05, 0.1) is 11.6 Å². The van der Waals surface area contributed by atoms with E-state index in [0.717, 1.165) is 6.54 Å². The van der Waals surface area contributed by atoms with Crippen LogP contribution in [-0.4, -0.2) is 57.4 Å². The third-order valence-electron chi connectivity index (χ3n) is 6.51. The molecule has 4 saturated heterocycles. The highest BCUT2D eigenvalue weighted by molar-refractivity contribution is 5.94. The van der Waals surface area contributed by atoms with Gasteiger partial charge in [-0.1, -0.05) is 30.3 Å². The molecule has 2 aromatic rings. The van der Waals surface area contributed by atoms with Crippen LogP contribution in [0.15, 0.2) is 42.7 Å². The van der Waals surface area contributed by atoms with Crippen molar-refractivity contribution in [1.82, 2.24) is 19.8 Å². The van der Waals surface area contributed by atoms with Crippen LogP contribution in [0.4, 0.5) is 0 Å². The Bertz CT molecular complexity index is 799. The number of piperidine rings is 3. The first-order chi connectivity index (χ1) is 12.7. The molecule has 0 radical (unpaired) electrons. The van der Waals surface area contributed by atoms with Crippen LogP contribution >= 0.6 is 0 Å². The van der Waals surface area contributed by atoms with Gasteiger partial charge in [-0.3, -0.25) is 9.69 Å². The van der Waals surface area contributed by atoms with Crippen LogP contribution in [0.2, 0.25) is 0 Å². The summed E-state index contributed by atoms with van der Waals surface area (Å²) < 4.78 is 0. The minimum absolute atomic E-state index is 0.0900. The second-order valence-electron chi connectivity index (χ2n) is 7.85. The smallest absolute Gasteiger partial charge is 0.257 e. The van der Waals surface area contributed by atoms with Crippen molar-refractivity contribution in [3.8, 4) is 0 Å². The summed E-state index contributed by atoms with van der Waals surface area (Å²) in [6.45, 7) is 4.98. The molecule has 1 aromatic heterocycles. The number of rotatable bonds is 2. The Morgan fingerprint density at radius 2 is 1.73 bits per heavy atom. The van der Waals surface area contributed by atoms with Crippen molar-refractivity contribution in [1.29, 1.82) is 0 Å². The monoisotopic (exact) mass is 348 g/mol. The number of benzene rings is 1. The summed E-state index contributed by atoms with van der Waals surface area (Å²) >= 11 is 0. The molecule has 6 rings (SSSR count). The number of carbonyl (C=O) groups excluding carboxylic acids is 1. The Hall–Kier alpha value is -2.27. The van der Waals surface area contributed by atoms with Crippen molar-refractivity contribution in [2.24, 2.45) is 5.92 Å². The molecule has 0 aliphatic carbocycles. The van der Waals surface area contributed by atoms with Crippen molar-refractivity contribution >= 4 is 5.91 Å². The van der Waals surface area contributed by atoms with E-state index in [0.29, 0.717) is 35.3 Å². The standard InChI is InChI=1S/C21H24N4O/c1-14-22-11-17(12-23-14)21(26)25-13-18(15-5-3-2-4-6-15)20-19(25)16-7-9-24(20)10-8-16/h2-6,11-12,16,18-20H,7-10,13H2,1H3/t18-,19-,20-/m1/s1. The molecule has 5 heterocycles. The van der Waals surface area contributed by atoms with Gasteiger partial charge < -0.3 is 4.90 Å². The number of hydrogen-bond donors (Lipinski definition) is 0. The van der Waals surface area contributed by atoms with Gasteiger partial charge in [-0.25, -0.2) is 9.97 Å². The Morgan fingerprint density at radius 1 is 1.04 bits per heavy atom. The summed E-state index contributed by atoms with van der Waals surface area (Å²) in [5.41, 5.74) is 1.96. The number of hydrogen-bond acceptors (Lipinski definition) is 4. The molecule has 5 nitrogen and oxygen atoms in total. The summed E-state index contributed by atoms with van der Waals surface area (Å²) in [6.07, 6.45) is 5.77. The summed E-state index contributed by atoms with van der Waals surface area (Å²) in [4.78, 5) is 26.5. The van der Waals surface area contributed by atoms with E-state index < -0.39 is 0 Å². The molecule has 0 saturated carbocycles. The molecule has 0 unspecified atom stereocenters. The van der Waals surface area contributed by atoms with Crippen LogP contribution in [0.25, 0.3) is 0 Å². The number of fused-ring (bicyclic) bond motifs is 2. The molecule has 5 heteroatoms. The van der Waals surface area contributed by atoms with Crippen LogP contribution in [0, 0.1) is 12.8 Å². The minimum atomic E-state index is 0.0900. The first-order valence-electron chi connectivity index (χ1n) is 9.61. The van der Waals surface area contributed by atoms with Crippen molar-refractivity contribution in [2.45, 2.75) is 37.8 Å². The molecular weight excluding hydrogens is 324 g/mol. The van der Waals surface area contributed by atoms with Gasteiger partial charge in [0.2, 0.25) is 0 Å². The van der Waals surface area contributed by atoms with Gasteiger partial charge in [-0.15, -0.1) is 0 Å². The lowest BCUT2D eigenvalue weighted by Gasteiger charge is -2.51. The highest BCUT2D eigenvalue weighted by Gasteiger charge is 2.54. The SMILES string of the molecule is Cc1ncc(C(=O)N2C[C@H](c3ccccc3)[C@@H]3[C@H]2C2CCN3CC2)cn1. The summed E-state index contributed by atoms with van der Waals surface area (Å²) in [5, 5.41) is 0. The van der Waals surface area contributed by atoms with E-state index in [1.807, 2.05) is 6.92 Å². The van der Waals surface area contributed by atoms with Gasteiger partial charge in [-0.05, 0) is 44.3 Å². The van der Waals surface area contributed by atoms with Crippen LogP contribution in [0.5, 0.6) is 0 Å². The zero-order chi connectivity index (χ0) is 17.7. The van der Waals surface area contributed by atoms with E-state index in [-0.39, 0.29) is 5.91 Å².